The van der Waals surface area contributed by atoms with Crippen molar-refractivity contribution >= 4 is 0 Å². The van der Waals surface area contributed by atoms with E-state index in [0.717, 1.165) is 13.1 Å². The van der Waals surface area contributed by atoms with E-state index in [4.69, 9.17) is 0 Å². The minimum absolute atomic E-state index is 0. The summed E-state index contributed by atoms with van der Waals surface area (Å²) in [6.07, 6.45) is 25.2. The predicted octanol–water partition coefficient (Wildman–Crippen LogP) is 3.65. The fraction of sp³-hybridized carbons (Fsp3) is 0.615. The maximum absolute atomic E-state index is 2.32. The Kier molecular flexibility index (Phi) is 14.7. The Bertz CT molecular complexity index is 565. The largest absolute Gasteiger partial charge is 1.00 e. The van der Waals surface area contributed by atoms with Gasteiger partial charge in [-0.05, 0) is 24.0 Å². The van der Waals surface area contributed by atoms with Crippen molar-refractivity contribution in [2.75, 3.05) is 0 Å². The van der Waals surface area contributed by atoms with Gasteiger partial charge in [0.1, 0.15) is 13.1 Å². The molecule has 2 nitrogen and oxygen atoms in total. The molecule has 2 aromatic rings. The van der Waals surface area contributed by atoms with Crippen LogP contribution < -0.4 is 26.1 Å². The highest BCUT2D eigenvalue weighted by atomic mass is 79.9. The van der Waals surface area contributed by atoms with Crippen LogP contribution in [0.4, 0.5) is 0 Å². The number of unbranched alkanes of at least 4 members (excludes halogenated alkanes) is 10. The summed E-state index contributed by atoms with van der Waals surface area (Å²) in [6.45, 7) is 6.83. The zero-order chi connectivity index (χ0) is 19.9. The molecule has 2 aromatic heterocycles. The Morgan fingerprint density at radius 2 is 0.793 bits per heavy atom. The second-order valence-corrected chi connectivity index (χ2v) is 8.18. The fourth-order valence-corrected chi connectivity index (χ4v) is 3.75. The van der Waals surface area contributed by atoms with Gasteiger partial charge in [0.15, 0.2) is 24.8 Å². The lowest BCUT2D eigenvalue weighted by Crippen LogP contribution is -3.00. The summed E-state index contributed by atoms with van der Waals surface area (Å²) in [5.74, 6) is 0. The van der Waals surface area contributed by atoms with Gasteiger partial charge in [0.05, 0.1) is 0 Å². The zero-order valence-electron chi connectivity index (χ0n) is 18.8. The topological polar surface area (TPSA) is 7.76 Å². The maximum Gasteiger partial charge on any atom is 0.169 e. The number of aromatic nitrogens is 2. The number of rotatable bonds is 15. The maximum atomic E-state index is 2.32. The number of halogens is 1. The summed E-state index contributed by atoms with van der Waals surface area (Å²) in [7, 11) is 0. The third kappa shape index (κ3) is 10.9. The van der Waals surface area contributed by atoms with Crippen LogP contribution in [0.5, 0.6) is 0 Å². The molecule has 0 spiro atoms. The van der Waals surface area contributed by atoms with Crippen LogP contribution in [0.1, 0.15) is 90.9 Å². The summed E-state index contributed by atoms with van der Waals surface area (Å²) in [5.41, 5.74) is 2.62. The van der Waals surface area contributed by atoms with Crippen LogP contribution in [0.3, 0.4) is 0 Å². The Labute approximate surface area is 190 Å². The molecule has 0 aliphatic heterocycles. The van der Waals surface area contributed by atoms with Crippen LogP contribution in [0, 0.1) is 0 Å². The Morgan fingerprint density at radius 3 is 1.14 bits per heavy atom. The molecule has 0 bridgehead atoms. The summed E-state index contributed by atoms with van der Waals surface area (Å²) in [5, 5.41) is 0. The average molecular weight is 463 g/mol. The Balaban J connectivity index is 0.00000420. The average Bonchev–Trinajstić information content (AvgIpc) is 2.74. The molecular formula is C26H42BrN2+. The lowest BCUT2D eigenvalue weighted by molar-refractivity contribution is -0.697. The van der Waals surface area contributed by atoms with Crippen molar-refractivity contribution in [1.29, 1.82) is 0 Å². The van der Waals surface area contributed by atoms with Crippen molar-refractivity contribution in [3.05, 3.63) is 49.1 Å². The first-order chi connectivity index (χ1) is 13.8. The molecule has 162 valence electrons. The van der Waals surface area contributed by atoms with E-state index in [9.17, 15) is 0 Å². The summed E-state index contributed by atoms with van der Waals surface area (Å²) < 4.78 is 4.65. The Hall–Kier alpha value is -1.22. The van der Waals surface area contributed by atoms with E-state index in [1.54, 1.807) is 0 Å². The molecule has 0 aliphatic rings. The van der Waals surface area contributed by atoms with Crippen LogP contribution in [-0.2, 0) is 13.1 Å². The van der Waals surface area contributed by atoms with Gasteiger partial charge in [-0.15, -0.1) is 0 Å². The molecule has 0 amide bonds. The van der Waals surface area contributed by atoms with Gasteiger partial charge in [0, 0.05) is 37.1 Å². The van der Waals surface area contributed by atoms with Gasteiger partial charge in [-0.1, -0.05) is 65.2 Å². The Morgan fingerprint density at radius 1 is 0.483 bits per heavy atom. The van der Waals surface area contributed by atoms with Crippen LogP contribution in [0.2, 0.25) is 0 Å². The molecule has 0 saturated heterocycles. The molecule has 0 aliphatic carbocycles. The molecule has 0 unspecified atom stereocenters. The molecule has 3 heteroatoms. The van der Waals surface area contributed by atoms with E-state index in [2.05, 4.69) is 72.0 Å². The minimum atomic E-state index is 0. The number of pyridine rings is 2. The minimum Gasteiger partial charge on any atom is -1.00 e. The number of hydrogen-bond donors (Lipinski definition) is 0. The van der Waals surface area contributed by atoms with Crippen LogP contribution in [0.15, 0.2) is 49.1 Å². The highest BCUT2D eigenvalue weighted by molar-refractivity contribution is 5.60. The van der Waals surface area contributed by atoms with Crippen molar-refractivity contribution in [3.63, 3.8) is 0 Å². The highest BCUT2D eigenvalue weighted by Gasteiger charge is 2.06. The van der Waals surface area contributed by atoms with E-state index < -0.39 is 0 Å². The number of aryl methyl sites for hydroxylation is 2. The van der Waals surface area contributed by atoms with Gasteiger partial charge in [-0.2, -0.15) is 0 Å². The molecule has 29 heavy (non-hydrogen) atoms. The highest BCUT2D eigenvalue weighted by Crippen LogP contribution is 2.16. The molecule has 2 rings (SSSR count). The molecule has 0 saturated carbocycles. The molecule has 0 N–H and O–H groups in total. The van der Waals surface area contributed by atoms with Crippen LogP contribution >= 0.6 is 0 Å². The lowest BCUT2D eigenvalue weighted by atomic mass is 10.1. The first-order valence-corrected chi connectivity index (χ1v) is 11.8. The summed E-state index contributed by atoms with van der Waals surface area (Å²) >= 11 is 0. The molecule has 0 aromatic carbocycles. The summed E-state index contributed by atoms with van der Waals surface area (Å²) in [4.78, 5) is 0. The van der Waals surface area contributed by atoms with Crippen molar-refractivity contribution < 1.29 is 26.1 Å². The molecule has 0 radical (unpaired) electrons. The number of nitrogens with zero attached hydrogens (tertiary/aromatic N) is 2. The van der Waals surface area contributed by atoms with E-state index >= 15 is 0 Å². The molecule has 2 heterocycles. The standard InChI is InChI=1S/C26H42N2.BrH/c1-3-5-7-9-11-13-19-27-21-15-25(16-22-27)26-17-23-28(24-18-26)20-14-12-10-8-6-4-2;/h15-18,21-24H,3-14,19-20H2,1-2H3;1H/q+2;/p-1. The normalized spacial score (nSPS) is 10.7. The van der Waals surface area contributed by atoms with Crippen molar-refractivity contribution in [2.24, 2.45) is 0 Å². The van der Waals surface area contributed by atoms with Gasteiger partial charge in [-0.3, -0.25) is 0 Å². The number of hydrogen-bond acceptors (Lipinski definition) is 0. The molecule has 0 atom stereocenters. The fourth-order valence-electron chi connectivity index (χ4n) is 3.75. The van der Waals surface area contributed by atoms with E-state index in [1.165, 1.54) is 88.2 Å². The van der Waals surface area contributed by atoms with Crippen molar-refractivity contribution in [1.82, 2.24) is 0 Å². The SMILES string of the molecule is CCCCCCCC[n+]1ccc(-c2cc[n+](CCCCCCCC)cc2)cc1.[Br-]. The van der Waals surface area contributed by atoms with Crippen LogP contribution in [0.25, 0.3) is 11.1 Å². The van der Waals surface area contributed by atoms with Gasteiger partial charge in [0.25, 0.3) is 0 Å². The third-order valence-corrected chi connectivity index (χ3v) is 5.66. The zero-order valence-corrected chi connectivity index (χ0v) is 20.4. The van der Waals surface area contributed by atoms with Crippen molar-refractivity contribution in [2.45, 2.75) is 104 Å². The van der Waals surface area contributed by atoms with Gasteiger partial charge in [-0.25, -0.2) is 9.13 Å². The first-order valence-electron chi connectivity index (χ1n) is 11.8. The monoisotopic (exact) mass is 461 g/mol. The summed E-state index contributed by atoms with van der Waals surface area (Å²) in [6, 6.07) is 9.02. The van der Waals surface area contributed by atoms with Crippen LogP contribution in [-0.4, -0.2) is 0 Å². The van der Waals surface area contributed by atoms with E-state index in [-0.39, 0.29) is 17.0 Å². The second kappa shape index (κ2) is 16.6. The third-order valence-electron chi connectivity index (χ3n) is 5.66. The van der Waals surface area contributed by atoms with Gasteiger partial charge >= 0.3 is 0 Å². The van der Waals surface area contributed by atoms with E-state index in [1.807, 2.05) is 0 Å². The molecule has 0 fully saturated rings. The quantitative estimate of drug-likeness (QED) is 0.282. The predicted molar refractivity (Wildman–Crippen MR) is 119 cm³/mol. The van der Waals surface area contributed by atoms with Gasteiger partial charge in [0.2, 0.25) is 0 Å². The van der Waals surface area contributed by atoms with Gasteiger partial charge < -0.3 is 17.0 Å². The van der Waals surface area contributed by atoms with E-state index in [0.29, 0.717) is 0 Å². The second-order valence-electron chi connectivity index (χ2n) is 8.18. The lowest BCUT2D eigenvalue weighted by Gasteiger charge is -2.02. The molecular weight excluding hydrogens is 420 g/mol. The smallest absolute Gasteiger partial charge is 0.169 e. The first kappa shape index (κ1) is 25.8. The van der Waals surface area contributed by atoms with Crippen molar-refractivity contribution in [3.8, 4) is 11.1 Å².